The largest absolute Gasteiger partial charge is 0.494 e. The van der Waals surface area contributed by atoms with E-state index in [4.69, 9.17) is 9.31 Å². The van der Waals surface area contributed by atoms with E-state index < -0.39 is 0 Å². The maximum absolute atomic E-state index is 6.39. The normalized spacial score (nSPS) is 23.0. The van der Waals surface area contributed by atoms with Crippen LogP contribution in [0.1, 0.15) is 72.3 Å². The summed E-state index contributed by atoms with van der Waals surface area (Å²) < 4.78 is 12.8. The first-order valence-corrected chi connectivity index (χ1v) is 9.61. The molecule has 2 fully saturated rings. The van der Waals surface area contributed by atoms with Crippen molar-refractivity contribution in [1.29, 1.82) is 0 Å². The summed E-state index contributed by atoms with van der Waals surface area (Å²) in [7, 11) is -0.267. The van der Waals surface area contributed by atoms with Crippen molar-refractivity contribution in [3.63, 3.8) is 0 Å². The molecule has 0 radical (unpaired) electrons. The van der Waals surface area contributed by atoms with Gasteiger partial charge in [0.25, 0.3) is 0 Å². The van der Waals surface area contributed by atoms with Crippen LogP contribution in [0.3, 0.4) is 0 Å². The van der Waals surface area contributed by atoms with Gasteiger partial charge >= 0.3 is 7.12 Å². The third kappa shape index (κ3) is 3.93. The molecule has 2 aliphatic rings. The van der Waals surface area contributed by atoms with Crippen molar-refractivity contribution >= 4 is 12.7 Å². The van der Waals surface area contributed by atoms with Crippen molar-refractivity contribution < 1.29 is 9.31 Å². The zero-order valence-electron chi connectivity index (χ0n) is 16.4. The Kier molecular flexibility index (Phi) is 5.27. The molecule has 0 aromatic heterocycles. The summed E-state index contributed by atoms with van der Waals surface area (Å²) in [6.45, 7) is 10.7. The standard InChI is InChI=1S/C22H31BO2/c1-17(18-12-8-6-9-13-18)16-20(19-14-10-7-11-15-19)23-24-21(2,3)22(4,5)25-23/h6,8-9,12-13,16H,7,10-11,14-15H2,1-5H3/b17-16+. The van der Waals surface area contributed by atoms with E-state index in [2.05, 4.69) is 71.0 Å². The molecule has 0 spiro atoms. The summed E-state index contributed by atoms with van der Waals surface area (Å²) in [6.07, 6.45) is 8.52. The van der Waals surface area contributed by atoms with Gasteiger partial charge in [-0.3, -0.25) is 0 Å². The molecule has 1 aliphatic carbocycles. The average molecular weight is 338 g/mol. The highest BCUT2D eigenvalue weighted by molar-refractivity contribution is 6.56. The van der Waals surface area contributed by atoms with E-state index in [-0.39, 0.29) is 18.3 Å². The highest BCUT2D eigenvalue weighted by atomic mass is 16.7. The van der Waals surface area contributed by atoms with Gasteiger partial charge in [0.05, 0.1) is 11.2 Å². The SMILES string of the molecule is C/C(=C\C(B1OC(C)(C)C(C)(C)O1)=C1CCCCC1)c1ccccc1. The first kappa shape index (κ1) is 18.5. The van der Waals surface area contributed by atoms with E-state index in [1.54, 1.807) is 0 Å². The number of rotatable bonds is 3. The van der Waals surface area contributed by atoms with Crippen LogP contribution in [0.25, 0.3) is 5.57 Å². The van der Waals surface area contributed by atoms with Gasteiger partial charge in [-0.25, -0.2) is 0 Å². The smallest absolute Gasteiger partial charge is 0.399 e. The third-order valence-corrected chi connectivity index (χ3v) is 5.97. The van der Waals surface area contributed by atoms with Crippen molar-refractivity contribution in [2.45, 2.75) is 77.9 Å². The predicted octanol–water partition coefficient (Wildman–Crippen LogP) is 5.98. The molecule has 1 aromatic carbocycles. The van der Waals surface area contributed by atoms with Gasteiger partial charge in [-0.1, -0.05) is 48.4 Å². The summed E-state index contributed by atoms with van der Waals surface area (Å²) in [6, 6.07) is 10.6. The summed E-state index contributed by atoms with van der Waals surface area (Å²) in [5.74, 6) is 0. The Bertz CT molecular complexity index is 647. The lowest BCUT2D eigenvalue weighted by atomic mass is 9.71. The zero-order valence-corrected chi connectivity index (χ0v) is 16.4. The van der Waals surface area contributed by atoms with Crippen LogP contribution in [0.5, 0.6) is 0 Å². The van der Waals surface area contributed by atoms with Crippen molar-refractivity contribution in [1.82, 2.24) is 0 Å². The maximum atomic E-state index is 6.39. The molecule has 0 N–H and O–H groups in total. The second-order valence-corrected chi connectivity index (χ2v) is 8.40. The van der Waals surface area contributed by atoms with Gasteiger partial charge in [0, 0.05) is 0 Å². The van der Waals surface area contributed by atoms with Crippen LogP contribution in [0.4, 0.5) is 0 Å². The number of hydrogen-bond acceptors (Lipinski definition) is 2. The van der Waals surface area contributed by atoms with Crippen LogP contribution in [0.2, 0.25) is 0 Å². The third-order valence-electron chi connectivity index (χ3n) is 5.97. The van der Waals surface area contributed by atoms with Crippen molar-refractivity contribution in [3.8, 4) is 0 Å². The number of allylic oxidation sites excluding steroid dienone is 4. The van der Waals surface area contributed by atoms with Gasteiger partial charge < -0.3 is 9.31 Å². The molecule has 1 aliphatic heterocycles. The molecular formula is C22H31BO2. The second-order valence-electron chi connectivity index (χ2n) is 8.40. The summed E-state index contributed by atoms with van der Waals surface area (Å²) in [5, 5.41) is 0. The fourth-order valence-electron chi connectivity index (χ4n) is 3.59. The maximum Gasteiger partial charge on any atom is 0.494 e. The van der Waals surface area contributed by atoms with Crippen LogP contribution in [0.15, 0.2) is 47.5 Å². The van der Waals surface area contributed by atoms with Crippen molar-refractivity contribution in [2.24, 2.45) is 0 Å². The number of hydrogen-bond donors (Lipinski definition) is 0. The first-order chi connectivity index (χ1) is 11.8. The lowest BCUT2D eigenvalue weighted by Crippen LogP contribution is -2.41. The van der Waals surface area contributed by atoms with E-state index in [1.165, 1.54) is 41.4 Å². The monoisotopic (exact) mass is 338 g/mol. The fourth-order valence-corrected chi connectivity index (χ4v) is 3.59. The van der Waals surface area contributed by atoms with Crippen molar-refractivity contribution in [2.75, 3.05) is 0 Å². The van der Waals surface area contributed by atoms with Gasteiger partial charge in [-0.05, 0) is 76.9 Å². The first-order valence-electron chi connectivity index (χ1n) is 9.61. The molecular weight excluding hydrogens is 307 g/mol. The van der Waals surface area contributed by atoms with Crippen LogP contribution in [-0.2, 0) is 9.31 Å². The average Bonchev–Trinajstić information content (AvgIpc) is 2.81. The molecule has 1 aromatic rings. The molecule has 0 atom stereocenters. The van der Waals surface area contributed by atoms with Gasteiger partial charge in [0.2, 0.25) is 0 Å². The van der Waals surface area contributed by atoms with E-state index in [0.717, 1.165) is 12.8 Å². The topological polar surface area (TPSA) is 18.5 Å². The minimum Gasteiger partial charge on any atom is -0.399 e. The molecule has 1 saturated heterocycles. The number of benzene rings is 1. The lowest BCUT2D eigenvalue weighted by molar-refractivity contribution is 0.00578. The summed E-state index contributed by atoms with van der Waals surface area (Å²) in [4.78, 5) is 0. The zero-order chi connectivity index (χ0) is 18.1. The Morgan fingerprint density at radius 3 is 2.04 bits per heavy atom. The molecule has 3 heteroatoms. The van der Waals surface area contributed by atoms with Gasteiger partial charge in [-0.2, -0.15) is 0 Å². The van der Waals surface area contributed by atoms with E-state index in [1.807, 2.05) is 0 Å². The van der Waals surface area contributed by atoms with Gasteiger partial charge in [-0.15, -0.1) is 0 Å². The van der Waals surface area contributed by atoms with Crippen LogP contribution >= 0.6 is 0 Å². The minimum atomic E-state index is -0.299. The Labute approximate surface area is 153 Å². The van der Waals surface area contributed by atoms with Crippen LogP contribution in [-0.4, -0.2) is 18.3 Å². The second kappa shape index (κ2) is 7.13. The van der Waals surface area contributed by atoms with Crippen LogP contribution < -0.4 is 0 Å². The molecule has 1 heterocycles. The van der Waals surface area contributed by atoms with Gasteiger partial charge in [0.1, 0.15) is 0 Å². The van der Waals surface area contributed by atoms with Gasteiger partial charge in [0.15, 0.2) is 0 Å². The quantitative estimate of drug-likeness (QED) is 0.631. The molecule has 0 unspecified atom stereocenters. The van der Waals surface area contributed by atoms with Crippen LogP contribution in [0, 0.1) is 0 Å². The molecule has 0 amide bonds. The molecule has 0 bridgehead atoms. The Hall–Kier alpha value is -1.32. The van der Waals surface area contributed by atoms with E-state index in [9.17, 15) is 0 Å². The molecule has 3 rings (SSSR count). The highest BCUT2D eigenvalue weighted by Gasteiger charge is 2.52. The Morgan fingerprint density at radius 1 is 0.920 bits per heavy atom. The lowest BCUT2D eigenvalue weighted by Gasteiger charge is -2.32. The summed E-state index contributed by atoms with van der Waals surface area (Å²) in [5.41, 5.74) is 4.69. The highest BCUT2D eigenvalue weighted by Crippen LogP contribution is 2.41. The molecule has 2 nitrogen and oxygen atoms in total. The molecule has 134 valence electrons. The minimum absolute atomic E-state index is 0.267. The Balaban J connectivity index is 1.98. The van der Waals surface area contributed by atoms with E-state index in [0.29, 0.717) is 0 Å². The predicted molar refractivity (Wildman–Crippen MR) is 106 cm³/mol. The molecule has 25 heavy (non-hydrogen) atoms. The van der Waals surface area contributed by atoms with Crippen molar-refractivity contribution in [3.05, 3.63) is 53.0 Å². The summed E-state index contributed by atoms with van der Waals surface area (Å²) >= 11 is 0. The Morgan fingerprint density at radius 2 is 1.48 bits per heavy atom. The fraction of sp³-hybridized carbons (Fsp3) is 0.545. The van der Waals surface area contributed by atoms with E-state index >= 15 is 0 Å². The molecule has 1 saturated carbocycles.